The monoisotopic (exact) mass is 405 g/mol. The van der Waals surface area contributed by atoms with E-state index in [2.05, 4.69) is 61.6 Å². The highest BCUT2D eigenvalue weighted by Crippen LogP contribution is 2.36. The van der Waals surface area contributed by atoms with Crippen molar-refractivity contribution in [2.75, 3.05) is 50.5 Å². The lowest BCUT2D eigenvalue weighted by Crippen LogP contribution is -2.44. The molecule has 3 heterocycles. The standard InChI is InChI=1S/C21H23N7S/c1-22-21-26-25-20(29-21)15-4-3-14-5-6-16(17(14)13-15)19-23-8-7-18(24-19)28-11-9-27(2)10-12-28/h3-4,6-8,13H,5,9-12H2,1-2H3,(H,22,26). The fourth-order valence-corrected chi connectivity index (χ4v) is 4.50. The molecule has 1 aromatic carbocycles. The molecule has 0 saturated carbocycles. The highest BCUT2D eigenvalue weighted by Gasteiger charge is 2.21. The number of fused-ring (bicyclic) bond motifs is 1. The van der Waals surface area contributed by atoms with Crippen molar-refractivity contribution in [3.05, 3.63) is 53.5 Å². The summed E-state index contributed by atoms with van der Waals surface area (Å²) in [4.78, 5) is 14.2. The Balaban J connectivity index is 1.45. The van der Waals surface area contributed by atoms with Crippen LogP contribution in [0.25, 0.3) is 16.1 Å². The first-order chi connectivity index (χ1) is 14.2. The summed E-state index contributed by atoms with van der Waals surface area (Å²) in [5.74, 6) is 1.81. The minimum absolute atomic E-state index is 0.797. The van der Waals surface area contributed by atoms with Crippen LogP contribution < -0.4 is 10.2 Å². The second kappa shape index (κ2) is 7.53. The Morgan fingerprint density at radius 3 is 2.72 bits per heavy atom. The Kier molecular flexibility index (Phi) is 4.73. The average Bonchev–Trinajstić information content (AvgIpc) is 3.41. The van der Waals surface area contributed by atoms with Crippen LogP contribution in [0.2, 0.25) is 0 Å². The van der Waals surface area contributed by atoms with Gasteiger partial charge >= 0.3 is 0 Å². The first-order valence-corrected chi connectivity index (χ1v) is 10.6. The third-order valence-corrected chi connectivity index (χ3v) is 6.51. The molecule has 148 valence electrons. The van der Waals surface area contributed by atoms with Crippen molar-refractivity contribution in [1.82, 2.24) is 25.1 Å². The highest BCUT2D eigenvalue weighted by molar-refractivity contribution is 7.18. The van der Waals surface area contributed by atoms with Crippen LogP contribution in [0.5, 0.6) is 0 Å². The molecule has 5 rings (SSSR count). The summed E-state index contributed by atoms with van der Waals surface area (Å²) < 4.78 is 0. The van der Waals surface area contributed by atoms with E-state index in [1.807, 2.05) is 19.3 Å². The Morgan fingerprint density at radius 2 is 1.93 bits per heavy atom. The van der Waals surface area contributed by atoms with Gasteiger partial charge in [0.25, 0.3) is 0 Å². The highest BCUT2D eigenvalue weighted by atomic mass is 32.1. The van der Waals surface area contributed by atoms with Gasteiger partial charge in [0.1, 0.15) is 10.8 Å². The summed E-state index contributed by atoms with van der Waals surface area (Å²) >= 11 is 1.56. The minimum atomic E-state index is 0.797. The molecule has 7 nitrogen and oxygen atoms in total. The van der Waals surface area contributed by atoms with Crippen LogP contribution in [0.1, 0.15) is 17.0 Å². The maximum atomic E-state index is 4.91. The van der Waals surface area contributed by atoms with Crippen LogP contribution in [0.3, 0.4) is 0 Å². The molecule has 0 amide bonds. The number of hydrogen-bond acceptors (Lipinski definition) is 8. The number of piperazine rings is 1. The number of aromatic nitrogens is 4. The summed E-state index contributed by atoms with van der Waals surface area (Å²) in [6.07, 6.45) is 5.02. The number of benzene rings is 1. The molecule has 1 saturated heterocycles. The lowest BCUT2D eigenvalue weighted by molar-refractivity contribution is 0.312. The van der Waals surface area contributed by atoms with Gasteiger partial charge in [-0.15, -0.1) is 10.2 Å². The van der Waals surface area contributed by atoms with Crippen molar-refractivity contribution in [1.29, 1.82) is 0 Å². The fourth-order valence-electron chi connectivity index (χ4n) is 3.80. The molecular formula is C21H23N7S. The Hall–Kier alpha value is -2.84. The van der Waals surface area contributed by atoms with E-state index in [1.54, 1.807) is 11.3 Å². The number of rotatable bonds is 4. The van der Waals surface area contributed by atoms with Gasteiger partial charge in [0, 0.05) is 50.6 Å². The van der Waals surface area contributed by atoms with Gasteiger partial charge in [-0.25, -0.2) is 9.97 Å². The lowest BCUT2D eigenvalue weighted by atomic mass is 10.0. The zero-order valence-corrected chi connectivity index (χ0v) is 17.4. The van der Waals surface area contributed by atoms with Crippen LogP contribution in [-0.2, 0) is 6.42 Å². The Labute approximate surface area is 174 Å². The van der Waals surface area contributed by atoms with E-state index < -0.39 is 0 Å². The second-order valence-electron chi connectivity index (χ2n) is 7.38. The zero-order valence-electron chi connectivity index (χ0n) is 16.6. The predicted octanol–water partition coefficient (Wildman–Crippen LogP) is 2.78. The molecule has 0 spiro atoms. The fraction of sp³-hybridized carbons (Fsp3) is 0.333. The van der Waals surface area contributed by atoms with Crippen molar-refractivity contribution in [3.8, 4) is 10.6 Å². The average molecular weight is 406 g/mol. The topological polar surface area (TPSA) is 70.1 Å². The first-order valence-electron chi connectivity index (χ1n) is 9.83. The predicted molar refractivity (Wildman–Crippen MR) is 117 cm³/mol. The summed E-state index contributed by atoms with van der Waals surface area (Å²) in [5, 5.41) is 13.2. The number of nitrogens with zero attached hydrogens (tertiary/aromatic N) is 6. The molecule has 2 aromatic heterocycles. The number of hydrogen-bond donors (Lipinski definition) is 1. The van der Waals surface area contributed by atoms with Crippen LogP contribution >= 0.6 is 11.3 Å². The maximum Gasteiger partial charge on any atom is 0.205 e. The molecule has 0 unspecified atom stereocenters. The summed E-state index contributed by atoms with van der Waals surface area (Å²) in [5.41, 5.74) is 4.68. The minimum Gasteiger partial charge on any atom is -0.363 e. The van der Waals surface area contributed by atoms with Gasteiger partial charge in [0.15, 0.2) is 5.82 Å². The number of anilines is 2. The molecule has 3 aromatic rings. The largest absolute Gasteiger partial charge is 0.363 e. The molecule has 2 aliphatic rings. The van der Waals surface area contributed by atoms with Gasteiger partial charge < -0.3 is 15.1 Å². The van der Waals surface area contributed by atoms with Crippen LogP contribution in [0.4, 0.5) is 10.9 Å². The van der Waals surface area contributed by atoms with Gasteiger partial charge in [0.2, 0.25) is 5.13 Å². The van der Waals surface area contributed by atoms with Gasteiger partial charge in [0.05, 0.1) is 0 Å². The second-order valence-corrected chi connectivity index (χ2v) is 8.36. The molecule has 0 bridgehead atoms. The van der Waals surface area contributed by atoms with E-state index in [-0.39, 0.29) is 0 Å². The Bertz CT molecular complexity index is 1070. The maximum absolute atomic E-state index is 4.91. The SMILES string of the molecule is CNc1nnc(-c2ccc3c(c2)C(c2nccc(N4CCN(C)CC4)n2)=CC3)s1. The molecule has 1 aliphatic heterocycles. The summed E-state index contributed by atoms with van der Waals surface area (Å²) in [6.45, 7) is 4.12. The molecule has 1 fully saturated rings. The number of likely N-dealkylation sites (N-methyl/N-ethyl adjacent to an activating group) is 1. The Morgan fingerprint density at radius 1 is 1.07 bits per heavy atom. The lowest BCUT2D eigenvalue weighted by Gasteiger charge is -2.33. The van der Waals surface area contributed by atoms with Gasteiger partial charge in [-0.1, -0.05) is 29.5 Å². The first kappa shape index (κ1) is 18.2. The van der Waals surface area contributed by atoms with E-state index >= 15 is 0 Å². The third-order valence-electron chi connectivity index (χ3n) is 5.52. The van der Waals surface area contributed by atoms with E-state index in [0.717, 1.165) is 65.5 Å². The molecule has 8 heteroatoms. The van der Waals surface area contributed by atoms with Gasteiger partial charge in [-0.05, 0) is 36.7 Å². The van der Waals surface area contributed by atoms with E-state index in [4.69, 9.17) is 4.98 Å². The molecule has 1 aliphatic carbocycles. The van der Waals surface area contributed by atoms with Crippen molar-refractivity contribution >= 4 is 27.9 Å². The molecule has 1 N–H and O–H groups in total. The number of allylic oxidation sites excluding steroid dienone is 1. The summed E-state index contributed by atoms with van der Waals surface area (Å²) in [7, 11) is 4.02. The smallest absolute Gasteiger partial charge is 0.205 e. The van der Waals surface area contributed by atoms with Crippen molar-refractivity contribution in [2.24, 2.45) is 0 Å². The molecular weight excluding hydrogens is 382 g/mol. The van der Waals surface area contributed by atoms with E-state index in [9.17, 15) is 0 Å². The van der Waals surface area contributed by atoms with Crippen molar-refractivity contribution in [2.45, 2.75) is 6.42 Å². The van der Waals surface area contributed by atoms with Crippen molar-refractivity contribution < 1.29 is 0 Å². The van der Waals surface area contributed by atoms with Gasteiger partial charge in [-0.2, -0.15) is 0 Å². The third kappa shape index (κ3) is 3.49. The quantitative estimate of drug-likeness (QED) is 0.716. The van der Waals surface area contributed by atoms with E-state index in [0.29, 0.717) is 0 Å². The molecule has 29 heavy (non-hydrogen) atoms. The normalized spacial score (nSPS) is 16.6. The van der Waals surface area contributed by atoms with Gasteiger partial charge in [-0.3, -0.25) is 0 Å². The van der Waals surface area contributed by atoms with E-state index in [1.165, 1.54) is 11.1 Å². The number of nitrogens with one attached hydrogen (secondary N) is 1. The van der Waals surface area contributed by atoms with Crippen LogP contribution in [0, 0.1) is 0 Å². The van der Waals surface area contributed by atoms with Crippen LogP contribution in [0.15, 0.2) is 36.5 Å². The zero-order chi connectivity index (χ0) is 19.8. The van der Waals surface area contributed by atoms with Crippen molar-refractivity contribution in [3.63, 3.8) is 0 Å². The van der Waals surface area contributed by atoms with Crippen LogP contribution in [-0.4, -0.2) is 65.3 Å². The molecule has 0 radical (unpaired) electrons. The molecule has 0 atom stereocenters. The summed E-state index contributed by atoms with van der Waals surface area (Å²) in [6, 6.07) is 8.51.